The van der Waals surface area contributed by atoms with E-state index in [-0.39, 0.29) is 0 Å². The van der Waals surface area contributed by atoms with Crippen LogP contribution >= 0.6 is 0 Å². The van der Waals surface area contributed by atoms with Crippen LogP contribution in [0.15, 0.2) is 0 Å². The fraction of sp³-hybridized carbons (Fsp3) is 1.00. The molecule has 0 radical (unpaired) electrons. The zero-order chi connectivity index (χ0) is 5.56. The van der Waals surface area contributed by atoms with Crippen LogP contribution in [0.3, 0.4) is 0 Å². The highest BCUT2D eigenvalue weighted by molar-refractivity contribution is 4.87. The Kier molecular flexibility index (Phi) is 0.902. The van der Waals surface area contributed by atoms with Gasteiger partial charge >= 0.3 is 0 Å². The molecule has 0 aliphatic heterocycles. The average molecular weight is 110 g/mol. The van der Waals surface area contributed by atoms with Crippen molar-refractivity contribution in [3.8, 4) is 0 Å². The Morgan fingerprint density at radius 1 is 1.12 bits per heavy atom. The van der Waals surface area contributed by atoms with Gasteiger partial charge in [0.1, 0.15) is 0 Å². The molecule has 0 aromatic rings. The molecular formula is C8H14. The van der Waals surface area contributed by atoms with E-state index in [2.05, 4.69) is 6.92 Å². The summed E-state index contributed by atoms with van der Waals surface area (Å²) in [5.74, 6) is 3.36. The van der Waals surface area contributed by atoms with Crippen LogP contribution in [-0.2, 0) is 0 Å². The lowest BCUT2D eigenvalue weighted by Crippen LogP contribution is -2.04. The van der Waals surface area contributed by atoms with E-state index in [0.717, 1.165) is 17.8 Å². The zero-order valence-electron chi connectivity index (χ0n) is 5.56. The van der Waals surface area contributed by atoms with E-state index in [1.54, 1.807) is 25.7 Å². The molecular weight excluding hydrogens is 96.1 g/mol. The maximum absolute atomic E-state index is 2.42. The molecule has 0 saturated heterocycles. The van der Waals surface area contributed by atoms with Crippen molar-refractivity contribution in [1.29, 1.82) is 0 Å². The molecule has 3 atom stereocenters. The molecule has 0 N–H and O–H groups in total. The molecule has 0 amide bonds. The lowest BCUT2D eigenvalue weighted by molar-refractivity contribution is 0.360. The minimum absolute atomic E-state index is 1.08. The second kappa shape index (κ2) is 1.49. The van der Waals surface area contributed by atoms with Crippen LogP contribution in [0.1, 0.15) is 32.6 Å². The third kappa shape index (κ3) is 0.519. The summed E-state index contributed by atoms with van der Waals surface area (Å²) in [6, 6.07) is 0. The maximum Gasteiger partial charge on any atom is -0.0386 e. The van der Waals surface area contributed by atoms with E-state index in [0.29, 0.717) is 0 Å². The summed E-state index contributed by atoms with van der Waals surface area (Å²) >= 11 is 0. The highest BCUT2D eigenvalue weighted by atomic mass is 14.4. The minimum Gasteiger partial charge on any atom is -0.0622 e. The summed E-state index contributed by atoms with van der Waals surface area (Å²) in [5, 5.41) is 0. The van der Waals surface area contributed by atoms with Crippen molar-refractivity contribution in [3.63, 3.8) is 0 Å². The molecule has 2 bridgehead atoms. The number of hydrogen-bond donors (Lipinski definition) is 0. The van der Waals surface area contributed by atoms with Crippen LogP contribution in [0.25, 0.3) is 0 Å². The van der Waals surface area contributed by atoms with Crippen molar-refractivity contribution >= 4 is 0 Å². The monoisotopic (exact) mass is 110 g/mol. The molecule has 2 aliphatic rings. The van der Waals surface area contributed by atoms with Crippen molar-refractivity contribution in [2.75, 3.05) is 0 Å². The lowest BCUT2D eigenvalue weighted by Gasteiger charge is -2.15. The van der Waals surface area contributed by atoms with Crippen LogP contribution in [0.5, 0.6) is 0 Å². The van der Waals surface area contributed by atoms with Crippen molar-refractivity contribution in [2.45, 2.75) is 32.6 Å². The third-order valence-electron chi connectivity index (χ3n) is 3.09. The van der Waals surface area contributed by atoms with Gasteiger partial charge in [0, 0.05) is 0 Å². The van der Waals surface area contributed by atoms with Crippen LogP contribution in [0.2, 0.25) is 0 Å². The first-order valence-electron chi connectivity index (χ1n) is 3.86. The first-order valence-corrected chi connectivity index (χ1v) is 3.86. The molecule has 0 heteroatoms. The molecule has 2 saturated carbocycles. The van der Waals surface area contributed by atoms with E-state index in [1.807, 2.05) is 0 Å². The molecule has 2 aliphatic carbocycles. The largest absolute Gasteiger partial charge is 0.0622 e. The van der Waals surface area contributed by atoms with Gasteiger partial charge in [-0.1, -0.05) is 13.3 Å². The van der Waals surface area contributed by atoms with E-state index >= 15 is 0 Å². The predicted molar refractivity (Wildman–Crippen MR) is 34.6 cm³/mol. The summed E-state index contributed by atoms with van der Waals surface area (Å²) in [5.41, 5.74) is 0. The molecule has 0 heterocycles. The molecule has 0 spiro atoms. The molecule has 0 nitrogen and oxygen atoms in total. The Hall–Kier alpha value is 0. The highest BCUT2D eigenvalue weighted by Gasteiger charge is 2.36. The smallest absolute Gasteiger partial charge is 0.0386 e. The van der Waals surface area contributed by atoms with Gasteiger partial charge in [0.2, 0.25) is 0 Å². The van der Waals surface area contributed by atoms with Crippen LogP contribution in [0, 0.1) is 17.8 Å². The van der Waals surface area contributed by atoms with Gasteiger partial charge in [-0.25, -0.2) is 0 Å². The molecule has 0 unspecified atom stereocenters. The Bertz CT molecular complexity index is 94.2. The van der Waals surface area contributed by atoms with Gasteiger partial charge in [0.05, 0.1) is 0 Å². The predicted octanol–water partition coefficient (Wildman–Crippen LogP) is 2.44. The molecule has 0 aromatic heterocycles. The summed E-state index contributed by atoms with van der Waals surface area (Å²) in [6.45, 7) is 2.42. The zero-order valence-corrected chi connectivity index (χ0v) is 5.56. The molecule has 2 rings (SSSR count). The van der Waals surface area contributed by atoms with Gasteiger partial charge in [0.15, 0.2) is 0 Å². The summed E-state index contributed by atoms with van der Waals surface area (Å²) in [6.07, 6.45) is 6.21. The Labute approximate surface area is 51.3 Å². The van der Waals surface area contributed by atoms with Crippen LogP contribution in [0.4, 0.5) is 0 Å². The van der Waals surface area contributed by atoms with Gasteiger partial charge < -0.3 is 0 Å². The average Bonchev–Trinajstić information content (AvgIpc) is 2.23. The fourth-order valence-electron chi connectivity index (χ4n) is 2.56. The Morgan fingerprint density at radius 2 is 2.00 bits per heavy atom. The van der Waals surface area contributed by atoms with Crippen molar-refractivity contribution in [3.05, 3.63) is 0 Å². The van der Waals surface area contributed by atoms with Crippen LogP contribution < -0.4 is 0 Å². The molecule has 8 heavy (non-hydrogen) atoms. The maximum atomic E-state index is 2.42. The Morgan fingerprint density at radius 3 is 2.25 bits per heavy atom. The normalized spacial score (nSPS) is 52.9. The topological polar surface area (TPSA) is 0 Å². The third-order valence-corrected chi connectivity index (χ3v) is 3.09. The quantitative estimate of drug-likeness (QED) is 0.449. The standard InChI is InChI=1S/C8H14/c1-6-4-7-2-3-8(6)5-7/h6-8H,2-5H2,1H3/t6-,7-,8+/m1/s1. The second-order valence-corrected chi connectivity index (χ2v) is 3.65. The second-order valence-electron chi connectivity index (χ2n) is 3.65. The number of hydrogen-bond acceptors (Lipinski definition) is 0. The van der Waals surface area contributed by atoms with E-state index < -0.39 is 0 Å². The number of rotatable bonds is 0. The highest BCUT2D eigenvalue weighted by Crippen LogP contribution is 2.47. The Balaban J connectivity index is 2.11. The van der Waals surface area contributed by atoms with Gasteiger partial charge in [-0.2, -0.15) is 0 Å². The molecule has 46 valence electrons. The van der Waals surface area contributed by atoms with Gasteiger partial charge in [-0.05, 0) is 37.0 Å². The summed E-state index contributed by atoms with van der Waals surface area (Å²) in [7, 11) is 0. The summed E-state index contributed by atoms with van der Waals surface area (Å²) in [4.78, 5) is 0. The van der Waals surface area contributed by atoms with E-state index in [4.69, 9.17) is 0 Å². The van der Waals surface area contributed by atoms with Gasteiger partial charge in [-0.15, -0.1) is 0 Å². The van der Waals surface area contributed by atoms with Crippen LogP contribution in [-0.4, -0.2) is 0 Å². The van der Waals surface area contributed by atoms with Gasteiger partial charge in [-0.3, -0.25) is 0 Å². The lowest BCUT2D eigenvalue weighted by atomic mass is 9.91. The molecule has 2 fully saturated rings. The van der Waals surface area contributed by atoms with E-state index in [9.17, 15) is 0 Å². The first-order chi connectivity index (χ1) is 3.86. The minimum atomic E-state index is 1.08. The SMILES string of the molecule is C[C@@H]1C[C@H]2CC[C@H]1C2. The van der Waals surface area contributed by atoms with Gasteiger partial charge in [0.25, 0.3) is 0 Å². The number of fused-ring (bicyclic) bond motifs is 2. The van der Waals surface area contributed by atoms with E-state index in [1.165, 1.54) is 0 Å². The van der Waals surface area contributed by atoms with Crippen molar-refractivity contribution in [2.24, 2.45) is 17.8 Å². The van der Waals surface area contributed by atoms with Crippen molar-refractivity contribution in [1.82, 2.24) is 0 Å². The summed E-state index contributed by atoms with van der Waals surface area (Å²) < 4.78 is 0. The molecule has 0 aromatic carbocycles. The first kappa shape index (κ1) is 4.84. The van der Waals surface area contributed by atoms with Crippen molar-refractivity contribution < 1.29 is 0 Å². The fourth-order valence-corrected chi connectivity index (χ4v) is 2.56.